The van der Waals surface area contributed by atoms with E-state index in [4.69, 9.17) is 11.1 Å². The third kappa shape index (κ3) is 4.30. The summed E-state index contributed by atoms with van der Waals surface area (Å²) in [5.41, 5.74) is 8.94. The number of aliphatic hydroxyl groups is 1. The van der Waals surface area contributed by atoms with Gasteiger partial charge in [-0.3, -0.25) is 0 Å². The number of allylic oxidation sites excluding steroid dienone is 3. The summed E-state index contributed by atoms with van der Waals surface area (Å²) >= 11 is 0. The van der Waals surface area contributed by atoms with Crippen LogP contribution in [0.25, 0.3) is 0 Å². The first-order chi connectivity index (χ1) is 12.4. The van der Waals surface area contributed by atoms with Gasteiger partial charge in [-0.15, -0.1) is 0 Å². The molecule has 0 bridgehead atoms. The molecule has 0 fully saturated rings. The molecule has 3 nitrogen and oxygen atoms in total. The van der Waals surface area contributed by atoms with Crippen molar-refractivity contribution in [1.82, 2.24) is 0 Å². The van der Waals surface area contributed by atoms with Crippen LogP contribution in [-0.4, -0.2) is 17.4 Å². The summed E-state index contributed by atoms with van der Waals surface area (Å²) in [6.07, 6.45) is 8.18. The molecule has 2 atom stereocenters. The molecule has 0 spiro atoms. The van der Waals surface area contributed by atoms with Crippen LogP contribution >= 0.6 is 0 Å². The Kier molecular flexibility index (Phi) is 6.53. The van der Waals surface area contributed by atoms with Crippen molar-refractivity contribution in [3.05, 3.63) is 89.5 Å². The van der Waals surface area contributed by atoms with Crippen LogP contribution in [-0.2, 0) is 0 Å². The maximum absolute atomic E-state index is 10.9. The fraction of sp³-hybridized carbons (Fsp3) is 0.261. The zero-order valence-electron chi connectivity index (χ0n) is 15.7. The van der Waals surface area contributed by atoms with E-state index >= 15 is 0 Å². The van der Waals surface area contributed by atoms with Gasteiger partial charge in [0.2, 0.25) is 0 Å². The van der Waals surface area contributed by atoms with Crippen LogP contribution in [0.4, 0.5) is 5.69 Å². The van der Waals surface area contributed by atoms with Crippen molar-refractivity contribution in [1.29, 1.82) is 5.41 Å². The number of benzene rings is 2. The Balaban J connectivity index is 2.56. The predicted molar refractivity (Wildman–Crippen MR) is 111 cm³/mol. The Morgan fingerprint density at radius 1 is 1.04 bits per heavy atom. The van der Waals surface area contributed by atoms with Crippen LogP contribution in [0.15, 0.2) is 72.8 Å². The summed E-state index contributed by atoms with van der Waals surface area (Å²) in [5, 5.41) is 18.5. The smallest absolute Gasteiger partial charge is 0.0783 e. The fourth-order valence-electron chi connectivity index (χ4n) is 3.29. The molecule has 3 heteroatoms. The Morgan fingerprint density at radius 3 is 2.35 bits per heavy atom. The summed E-state index contributed by atoms with van der Waals surface area (Å²) < 4.78 is 0. The molecule has 0 heterocycles. The Labute approximate surface area is 156 Å². The molecule has 2 aromatic rings. The third-order valence-corrected chi connectivity index (χ3v) is 4.84. The average molecular weight is 348 g/mol. The monoisotopic (exact) mass is 348 g/mol. The number of anilines is 1. The van der Waals surface area contributed by atoms with Gasteiger partial charge in [0.1, 0.15) is 0 Å². The van der Waals surface area contributed by atoms with Crippen LogP contribution in [0.2, 0.25) is 0 Å². The maximum atomic E-state index is 10.9. The number of hydrogen-bond donors (Lipinski definition) is 3. The van der Waals surface area contributed by atoms with Crippen LogP contribution in [0.3, 0.4) is 0 Å². The second-order valence-electron chi connectivity index (χ2n) is 7.05. The minimum Gasteiger partial charge on any atom is -0.398 e. The molecule has 136 valence electrons. The minimum atomic E-state index is -0.634. The van der Waals surface area contributed by atoms with Crippen molar-refractivity contribution in [3.8, 4) is 0 Å². The molecular weight excluding hydrogens is 320 g/mol. The van der Waals surface area contributed by atoms with E-state index in [1.54, 1.807) is 0 Å². The molecule has 0 amide bonds. The largest absolute Gasteiger partial charge is 0.398 e. The van der Waals surface area contributed by atoms with Crippen LogP contribution < -0.4 is 5.73 Å². The number of hydrogen-bond acceptors (Lipinski definition) is 3. The fourth-order valence-corrected chi connectivity index (χ4v) is 3.29. The molecule has 0 saturated heterocycles. The van der Waals surface area contributed by atoms with Crippen molar-refractivity contribution in [2.24, 2.45) is 5.41 Å². The molecule has 0 aliphatic rings. The van der Waals surface area contributed by atoms with Crippen LogP contribution in [0.5, 0.6) is 0 Å². The van der Waals surface area contributed by atoms with E-state index in [1.165, 1.54) is 6.21 Å². The lowest BCUT2D eigenvalue weighted by molar-refractivity contribution is 0.0772. The Bertz CT molecular complexity index is 791. The molecular formula is C23H28N2O. The van der Waals surface area contributed by atoms with E-state index in [0.29, 0.717) is 11.3 Å². The first-order valence-electron chi connectivity index (χ1n) is 8.84. The molecule has 4 N–H and O–H groups in total. The number of aliphatic hydroxyl groups excluding tert-OH is 1. The second kappa shape index (κ2) is 8.63. The lowest BCUT2D eigenvalue weighted by atomic mass is 9.67. The molecule has 2 unspecified atom stereocenters. The van der Waals surface area contributed by atoms with Gasteiger partial charge in [-0.05, 0) is 30.2 Å². The predicted octanol–water partition coefficient (Wildman–Crippen LogP) is 4.92. The zero-order chi connectivity index (χ0) is 19.2. The van der Waals surface area contributed by atoms with Gasteiger partial charge in [0.05, 0.1) is 6.10 Å². The van der Waals surface area contributed by atoms with E-state index in [-0.39, 0.29) is 5.92 Å². The summed E-state index contributed by atoms with van der Waals surface area (Å²) in [4.78, 5) is 0. The van der Waals surface area contributed by atoms with Gasteiger partial charge >= 0.3 is 0 Å². The highest BCUT2D eigenvalue weighted by Crippen LogP contribution is 2.44. The lowest BCUT2D eigenvalue weighted by Crippen LogP contribution is -2.35. The normalized spacial score (nSPS) is 14.6. The van der Waals surface area contributed by atoms with Gasteiger partial charge in [0, 0.05) is 28.8 Å². The maximum Gasteiger partial charge on any atom is 0.0783 e. The van der Waals surface area contributed by atoms with Crippen molar-refractivity contribution >= 4 is 11.9 Å². The highest BCUT2D eigenvalue weighted by Gasteiger charge is 2.37. The number of nitrogen functional groups attached to an aromatic ring is 1. The summed E-state index contributed by atoms with van der Waals surface area (Å²) in [6.45, 7) is 6.08. The first-order valence-corrected chi connectivity index (χ1v) is 8.84. The quantitative estimate of drug-likeness (QED) is 0.378. The molecule has 2 rings (SSSR count). The Hall–Kier alpha value is -2.65. The molecule has 26 heavy (non-hydrogen) atoms. The Morgan fingerprint density at radius 2 is 1.73 bits per heavy atom. The van der Waals surface area contributed by atoms with Gasteiger partial charge in [0.25, 0.3) is 0 Å². The third-order valence-electron chi connectivity index (χ3n) is 4.84. The molecule has 0 aliphatic carbocycles. The minimum absolute atomic E-state index is 0.0479. The molecule has 0 radical (unpaired) electrons. The van der Waals surface area contributed by atoms with Crippen molar-refractivity contribution in [3.63, 3.8) is 0 Å². The number of rotatable bonds is 7. The van der Waals surface area contributed by atoms with E-state index < -0.39 is 11.5 Å². The molecule has 0 saturated carbocycles. The molecule has 0 aromatic heterocycles. The lowest BCUT2D eigenvalue weighted by Gasteiger charge is -2.38. The van der Waals surface area contributed by atoms with Gasteiger partial charge < -0.3 is 16.2 Å². The van der Waals surface area contributed by atoms with E-state index in [1.807, 2.05) is 67.6 Å². The van der Waals surface area contributed by atoms with Crippen molar-refractivity contribution in [2.75, 3.05) is 5.73 Å². The number of nitrogens with one attached hydrogen (secondary N) is 1. The molecule has 0 aliphatic heterocycles. The van der Waals surface area contributed by atoms with Gasteiger partial charge in [-0.1, -0.05) is 74.5 Å². The molecule has 2 aromatic carbocycles. The van der Waals surface area contributed by atoms with Gasteiger partial charge in [0.15, 0.2) is 0 Å². The van der Waals surface area contributed by atoms with Crippen molar-refractivity contribution in [2.45, 2.75) is 32.8 Å². The topological polar surface area (TPSA) is 70.1 Å². The number of nitrogens with two attached hydrogens (primary N) is 1. The summed E-state index contributed by atoms with van der Waals surface area (Å²) in [7, 11) is 0. The average Bonchev–Trinajstić information content (AvgIpc) is 2.64. The standard InChI is InChI=1S/C23H28N2O/c1-4-5-7-12-21(26)23(2,3)22(17-10-8-6-9-11-17)18-13-14-20(25)19(15-18)16-24/h4-16,21-22,24,26H,25H2,1-3H3/b5-4-,12-7-,24-16?. The SMILES string of the molecule is C/C=C\C=C/C(O)C(C)(C)C(c1ccccc1)c1ccc(N)c(C=N)c1. The highest BCUT2D eigenvalue weighted by molar-refractivity contribution is 5.85. The zero-order valence-corrected chi connectivity index (χ0v) is 15.7. The summed E-state index contributed by atoms with van der Waals surface area (Å²) in [5.74, 6) is -0.0479. The highest BCUT2D eigenvalue weighted by atomic mass is 16.3. The second-order valence-corrected chi connectivity index (χ2v) is 7.05. The summed E-state index contributed by atoms with van der Waals surface area (Å²) in [6, 6.07) is 15.9. The van der Waals surface area contributed by atoms with E-state index in [0.717, 1.165) is 11.1 Å². The van der Waals surface area contributed by atoms with Gasteiger partial charge in [-0.25, -0.2) is 0 Å². The first kappa shape index (κ1) is 19.7. The van der Waals surface area contributed by atoms with E-state index in [2.05, 4.69) is 26.0 Å². The van der Waals surface area contributed by atoms with Crippen LogP contribution in [0, 0.1) is 10.8 Å². The van der Waals surface area contributed by atoms with E-state index in [9.17, 15) is 5.11 Å². The van der Waals surface area contributed by atoms with Crippen LogP contribution in [0.1, 0.15) is 43.4 Å². The van der Waals surface area contributed by atoms with Gasteiger partial charge in [-0.2, -0.15) is 0 Å². The van der Waals surface area contributed by atoms with Crippen molar-refractivity contribution < 1.29 is 5.11 Å².